The number of amides is 1. The van der Waals surface area contributed by atoms with Crippen molar-refractivity contribution in [3.8, 4) is 0 Å². The smallest absolute Gasteiger partial charge is 0.326 e. The van der Waals surface area contributed by atoms with Crippen LogP contribution in [0.3, 0.4) is 0 Å². The van der Waals surface area contributed by atoms with E-state index < -0.39 is 18.6 Å². The summed E-state index contributed by atoms with van der Waals surface area (Å²) in [6.07, 6.45) is -0.693. The summed E-state index contributed by atoms with van der Waals surface area (Å²) in [5.74, 6) is -0.734. The van der Waals surface area contributed by atoms with Crippen LogP contribution in [-0.4, -0.2) is 30.1 Å². The molecule has 0 aliphatic heterocycles. The standard InChI is InChI=1S/C14H13ClF3NO/c1-2-8-19(10-14(16,17)18)13(20)7-6-11-4-3-5-12(15)9-11/h2-7,9H,1,8,10H2/b7-6+. The van der Waals surface area contributed by atoms with Gasteiger partial charge in [-0.25, -0.2) is 0 Å². The zero-order valence-electron chi connectivity index (χ0n) is 10.5. The molecule has 0 unspecified atom stereocenters. The molecule has 0 bridgehead atoms. The summed E-state index contributed by atoms with van der Waals surface area (Å²) in [4.78, 5) is 12.4. The third-order valence-electron chi connectivity index (χ3n) is 2.30. The van der Waals surface area contributed by atoms with Crippen molar-refractivity contribution in [2.45, 2.75) is 6.18 Å². The van der Waals surface area contributed by atoms with Gasteiger partial charge < -0.3 is 4.90 Å². The first-order valence-corrected chi connectivity index (χ1v) is 6.10. The van der Waals surface area contributed by atoms with Gasteiger partial charge in [-0.1, -0.05) is 29.8 Å². The summed E-state index contributed by atoms with van der Waals surface area (Å²) in [5.41, 5.74) is 0.636. The van der Waals surface area contributed by atoms with Gasteiger partial charge in [0.05, 0.1) is 0 Å². The molecule has 0 aliphatic carbocycles. The highest BCUT2D eigenvalue weighted by Gasteiger charge is 2.31. The molecule has 1 amide bonds. The molecule has 0 N–H and O–H groups in total. The Balaban J connectivity index is 2.77. The lowest BCUT2D eigenvalue weighted by Gasteiger charge is -2.20. The van der Waals surface area contributed by atoms with Crippen LogP contribution in [0.4, 0.5) is 13.2 Å². The van der Waals surface area contributed by atoms with Crippen molar-refractivity contribution in [2.24, 2.45) is 0 Å². The van der Waals surface area contributed by atoms with Crippen LogP contribution < -0.4 is 0 Å². The Morgan fingerprint density at radius 1 is 1.40 bits per heavy atom. The summed E-state index contributed by atoms with van der Waals surface area (Å²) < 4.78 is 37.0. The zero-order valence-corrected chi connectivity index (χ0v) is 11.3. The predicted octanol–water partition coefficient (Wildman–Crippen LogP) is 3.93. The molecule has 0 heterocycles. The lowest BCUT2D eigenvalue weighted by molar-refractivity contribution is -0.157. The van der Waals surface area contributed by atoms with Crippen molar-refractivity contribution in [1.82, 2.24) is 4.90 Å². The van der Waals surface area contributed by atoms with Crippen molar-refractivity contribution >= 4 is 23.6 Å². The fourth-order valence-electron chi connectivity index (χ4n) is 1.49. The lowest BCUT2D eigenvalue weighted by Crippen LogP contribution is -2.38. The molecule has 1 aromatic carbocycles. The van der Waals surface area contributed by atoms with E-state index in [2.05, 4.69) is 6.58 Å². The molecule has 0 radical (unpaired) electrons. The Morgan fingerprint density at radius 2 is 2.10 bits per heavy atom. The highest BCUT2D eigenvalue weighted by molar-refractivity contribution is 6.30. The number of carbonyl (C=O) groups is 1. The van der Waals surface area contributed by atoms with Crippen LogP contribution in [0.15, 0.2) is 43.0 Å². The molecule has 1 rings (SSSR count). The van der Waals surface area contributed by atoms with E-state index in [4.69, 9.17) is 11.6 Å². The molecule has 1 aromatic rings. The van der Waals surface area contributed by atoms with Crippen LogP contribution in [0.25, 0.3) is 6.08 Å². The lowest BCUT2D eigenvalue weighted by atomic mass is 10.2. The molecule has 0 aliphatic rings. The second-order valence-electron chi connectivity index (χ2n) is 4.01. The minimum Gasteiger partial charge on any atom is -0.326 e. The maximum atomic E-state index is 12.3. The number of halogens is 4. The van der Waals surface area contributed by atoms with Gasteiger partial charge in [0.15, 0.2) is 0 Å². The van der Waals surface area contributed by atoms with Gasteiger partial charge in [0.2, 0.25) is 5.91 Å². The predicted molar refractivity (Wildman–Crippen MR) is 73.3 cm³/mol. The molecule has 2 nitrogen and oxygen atoms in total. The topological polar surface area (TPSA) is 20.3 Å². The number of rotatable bonds is 5. The molecule has 6 heteroatoms. The average molecular weight is 304 g/mol. The van der Waals surface area contributed by atoms with Crippen LogP contribution in [0, 0.1) is 0 Å². The molecule has 0 spiro atoms. The minimum atomic E-state index is -4.44. The summed E-state index contributed by atoms with van der Waals surface area (Å²) in [5, 5.41) is 0.484. The Hall–Kier alpha value is -1.75. The van der Waals surface area contributed by atoms with Gasteiger partial charge in [-0.2, -0.15) is 13.2 Å². The van der Waals surface area contributed by atoms with E-state index in [9.17, 15) is 18.0 Å². The fraction of sp³-hybridized carbons (Fsp3) is 0.214. The van der Waals surface area contributed by atoms with Gasteiger partial charge in [-0.05, 0) is 23.8 Å². The monoisotopic (exact) mass is 303 g/mol. The van der Waals surface area contributed by atoms with Gasteiger partial charge in [-0.15, -0.1) is 6.58 Å². The largest absolute Gasteiger partial charge is 0.406 e. The first-order valence-electron chi connectivity index (χ1n) is 5.72. The third-order valence-corrected chi connectivity index (χ3v) is 2.53. The number of carbonyl (C=O) groups excluding carboxylic acids is 1. The highest BCUT2D eigenvalue weighted by Crippen LogP contribution is 2.17. The molecule has 0 aromatic heterocycles. The van der Waals surface area contributed by atoms with Gasteiger partial charge in [0.25, 0.3) is 0 Å². The van der Waals surface area contributed by atoms with E-state index in [0.29, 0.717) is 15.5 Å². The molecule has 0 atom stereocenters. The molecular weight excluding hydrogens is 291 g/mol. The number of hydrogen-bond acceptors (Lipinski definition) is 1. The van der Waals surface area contributed by atoms with Crippen molar-refractivity contribution in [1.29, 1.82) is 0 Å². The van der Waals surface area contributed by atoms with Gasteiger partial charge in [-0.3, -0.25) is 4.79 Å². The molecule has 0 fully saturated rings. The maximum Gasteiger partial charge on any atom is 0.406 e. The van der Waals surface area contributed by atoms with Crippen molar-refractivity contribution in [2.75, 3.05) is 13.1 Å². The Morgan fingerprint density at radius 3 is 2.65 bits per heavy atom. The van der Waals surface area contributed by atoms with Crippen LogP contribution in [0.1, 0.15) is 5.56 Å². The van der Waals surface area contributed by atoms with E-state index in [0.717, 1.165) is 6.08 Å². The first-order chi connectivity index (χ1) is 9.31. The number of alkyl halides is 3. The van der Waals surface area contributed by atoms with E-state index >= 15 is 0 Å². The molecule has 0 saturated carbocycles. The Bertz CT molecular complexity index is 511. The average Bonchev–Trinajstić information content (AvgIpc) is 2.34. The van der Waals surface area contributed by atoms with E-state index in [1.807, 2.05) is 0 Å². The molecule has 0 saturated heterocycles. The molecule has 20 heavy (non-hydrogen) atoms. The van der Waals surface area contributed by atoms with Gasteiger partial charge in [0, 0.05) is 17.6 Å². The number of nitrogens with zero attached hydrogens (tertiary/aromatic N) is 1. The van der Waals surface area contributed by atoms with Crippen LogP contribution in [0.5, 0.6) is 0 Å². The molecular formula is C14H13ClF3NO. The van der Waals surface area contributed by atoms with E-state index in [1.165, 1.54) is 12.2 Å². The summed E-state index contributed by atoms with van der Waals surface area (Å²) >= 11 is 5.77. The quantitative estimate of drug-likeness (QED) is 0.596. The Kier molecular flexibility index (Phi) is 5.82. The second-order valence-corrected chi connectivity index (χ2v) is 4.45. The van der Waals surface area contributed by atoms with Gasteiger partial charge >= 0.3 is 6.18 Å². The SMILES string of the molecule is C=CCN(CC(F)(F)F)C(=O)/C=C/c1cccc(Cl)c1. The Labute approximate surface area is 120 Å². The first kappa shape index (κ1) is 16.3. The zero-order chi connectivity index (χ0) is 15.2. The summed E-state index contributed by atoms with van der Waals surface area (Å²) in [6, 6.07) is 6.64. The normalized spacial score (nSPS) is 11.6. The van der Waals surface area contributed by atoms with Crippen LogP contribution >= 0.6 is 11.6 Å². The molecule has 108 valence electrons. The van der Waals surface area contributed by atoms with Crippen molar-refractivity contribution < 1.29 is 18.0 Å². The van der Waals surface area contributed by atoms with E-state index in [-0.39, 0.29) is 6.54 Å². The van der Waals surface area contributed by atoms with E-state index in [1.54, 1.807) is 24.3 Å². The second kappa shape index (κ2) is 7.14. The maximum absolute atomic E-state index is 12.3. The highest BCUT2D eigenvalue weighted by atomic mass is 35.5. The number of benzene rings is 1. The summed E-state index contributed by atoms with van der Waals surface area (Å²) in [6.45, 7) is 1.86. The van der Waals surface area contributed by atoms with Crippen molar-refractivity contribution in [3.05, 3.63) is 53.6 Å². The summed E-state index contributed by atoms with van der Waals surface area (Å²) in [7, 11) is 0. The fourth-order valence-corrected chi connectivity index (χ4v) is 1.69. The van der Waals surface area contributed by atoms with Crippen molar-refractivity contribution in [3.63, 3.8) is 0 Å². The van der Waals surface area contributed by atoms with Crippen LogP contribution in [-0.2, 0) is 4.79 Å². The number of hydrogen-bond donors (Lipinski definition) is 0. The minimum absolute atomic E-state index is 0.168. The third kappa shape index (κ3) is 5.93. The van der Waals surface area contributed by atoms with Gasteiger partial charge in [0.1, 0.15) is 6.54 Å². The van der Waals surface area contributed by atoms with Crippen LogP contribution in [0.2, 0.25) is 5.02 Å².